The number of ether oxygens (including phenoxy) is 2. The summed E-state index contributed by atoms with van der Waals surface area (Å²) in [5.74, 6) is 2.18. The average molecular weight is 377 g/mol. The second-order valence-electron chi connectivity index (χ2n) is 6.50. The number of anilines is 2. The summed E-state index contributed by atoms with van der Waals surface area (Å²) in [7, 11) is 1.85. The molecule has 5 rings (SSSR count). The maximum Gasteiger partial charge on any atom is 0.231 e. The number of halogens is 1. The number of rotatable bonds is 3. The molecule has 8 heteroatoms. The Morgan fingerprint density at radius 3 is 2.64 bits per heavy atom. The summed E-state index contributed by atoms with van der Waals surface area (Å²) in [6, 6.07) is 11.7. The highest BCUT2D eigenvalue weighted by atomic mass is 19.1. The molecule has 1 N–H and O–H groups in total. The molecular formula is C20H16FN5O2. The molecular weight excluding hydrogens is 361 g/mol. The van der Waals surface area contributed by atoms with Crippen molar-refractivity contribution in [2.75, 3.05) is 12.1 Å². The van der Waals surface area contributed by atoms with E-state index in [0.717, 1.165) is 28.0 Å². The summed E-state index contributed by atoms with van der Waals surface area (Å²) in [6.45, 7) is 2.11. The Kier molecular flexibility index (Phi) is 3.65. The van der Waals surface area contributed by atoms with Crippen LogP contribution in [0.5, 0.6) is 11.5 Å². The minimum atomic E-state index is -0.305. The predicted molar refractivity (Wildman–Crippen MR) is 102 cm³/mol. The lowest BCUT2D eigenvalue weighted by Crippen LogP contribution is -2.02. The van der Waals surface area contributed by atoms with Crippen LogP contribution in [-0.2, 0) is 7.05 Å². The van der Waals surface area contributed by atoms with E-state index in [9.17, 15) is 4.39 Å². The Hall–Kier alpha value is -3.68. The van der Waals surface area contributed by atoms with Crippen molar-refractivity contribution in [1.82, 2.24) is 19.7 Å². The molecule has 1 aliphatic heterocycles. The van der Waals surface area contributed by atoms with E-state index in [1.54, 1.807) is 16.8 Å². The number of hydrogen-bond acceptors (Lipinski definition) is 6. The van der Waals surface area contributed by atoms with Crippen molar-refractivity contribution in [1.29, 1.82) is 0 Å². The third kappa shape index (κ3) is 2.70. The number of fused-ring (bicyclic) bond motifs is 2. The SMILES string of the molecule is Cc1nn(C)c2c(Nc3ccc4c(c3)OCO4)nc(-c3ccc(F)cc3)nc12. The van der Waals surface area contributed by atoms with E-state index in [0.29, 0.717) is 23.1 Å². The minimum Gasteiger partial charge on any atom is -0.454 e. The van der Waals surface area contributed by atoms with Crippen molar-refractivity contribution < 1.29 is 13.9 Å². The van der Waals surface area contributed by atoms with Crippen LogP contribution < -0.4 is 14.8 Å². The van der Waals surface area contributed by atoms with Gasteiger partial charge in [0.2, 0.25) is 6.79 Å². The predicted octanol–water partition coefficient (Wildman–Crippen LogP) is 3.95. The van der Waals surface area contributed by atoms with Crippen molar-refractivity contribution in [2.24, 2.45) is 7.05 Å². The molecule has 3 heterocycles. The summed E-state index contributed by atoms with van der Waals surface area (Å²) in [4.78, 5) is 9.34. The van der Waals surface area contributed by atoms with Gasteiger partial charge in [0.05, 0.1) is 5.69 Å². The molecule has 0 spiro atoms. The molecule has 0 atom stereocenters. The maximum absolute atomic E-state index is 13.3. The first kappa shape index (κ1) is 16.5. The van der Waals surface area contributed by atoms with Gasteiger partial charge in [0, 0.05) is 24.4 Å². The lowest BCUT2D eigenvalue weighted by atomic mass is 10.2. The molecule has 2 aromatic heterocycles. The van der Waals surface area contributed by atoms with Gasteiger partial charge in [-0.3, -0.25) is 4.68 Å². The third-order valence-corrected chi connectivity index (χ3v) is 4.59. The van der Waals surface area contributed by atoms with Crippen LogP contribution >= 0.6 is 0 Å². The fraction of sp³-hybridized carbons (Fsp3) is 0.150. The van der Waals surface area contributed by atoms with Crippen LogP contribution in [0.3, 0.4) is 0 Å². The van der Waals surface area contributed by atoms with Crippen molar-refractivity contribution >= 4 is 22.5 Å². The first-order valence-corrected chi connectivity index (χ1v) is 8.72. The van der Waals surface area contributed by atoms with Crippen LogP contribution in [0.2, 0.25) is 0 Å². The number of hydrogen-bond donors (Lipinski definition) is 1. The highest BCUT2D eigenvalue weighted by molar-refractivity contribution is 5.91. The normalized spacial score (nSPS) is 12.5. The van der Waals surface area contributed by atoms with Gasteiger partial charge in [-0.25, -0.2) is 14.4 Å². The Bertz CT molecular complexity index is 1200. The van der Waals surface area contributed by atoms with Gasteiger partial charge in [0.25, 0.3) is 0 Å². The largest absolute Gasteiger partial charge is 0.454 e. The van der Waals surface area contributed by atoms with Crippen LogP contribution in [0.4, 0.5) is 15.9 Å². The van der Waals surface area contributed by atoms with Gasteiger partial charge in [0.15, 0.2) is 23.1 Å². The Labute approximate surface area is 159 Å². The van der Waals surface area contributed by atoms with Crippen LogP contribution in [-0.4, -0.2) is 26.5 Å². The number of aromatic nitrogens is 4. The molecule has 0 saturated heterocycles. The minimum absolute atomic E-state index is 0.214. The monoisotopic (exact) mass is 377 g/mol. The highest BCUT2D eigenvalue weighted by Gasteiger charge is 2.18. The zero-order valence-corrected chi connectivity index (χ0v) is 15.2. The molecule has 0 radical (unpaired) electrons. The summed E-state index contributed by atoms with van der Waals surface area (Å²) in [5.41, 5.74) is 3.83. The highest BCUT2D eigenvalue weighted by Crippen LogP contribution is 2.36. The van der Waals surface area contributed by atoms with E-state index in [-0.39, 0.29) is 12.6 Å². The fourth-order valence-corrected chi connectivity index (χ4v) is 3.26. The summed E-state index contributed by atoms with van der Waals surface area (Å²) >= 11 is 0. The number of aryl methyl sites for hydroxylation is 2. The Morgan fingerprint density at radius 1 is 1.04 bits per heavy atom. The second kappa shape index (κ2) is 6.19. The zero-order valence-electron chi connectivity index (χ0n) is 15.2. The maximum atomic E-state index is 13.3. The molecule has 0 amide bonds. The lowest BCUT2D eigenvalue weighted by molar-refractivity contribution is 0.174. The van der Waals surface area contributed by atoms with Crippen molar-refractivity contribution in [3.05, 3.63) is 54.0 Å². The van der Waals surface area contributed by atoms with Crippen molar-refractivity contribution in [3.8, 4) is 22.9 Å². The van der Waals surface area contributed by atoms with Crippen LogP contribution in [0.15, 0.2) is 42.5 Å². The van der Waals surface area contributed by atoms with Crippen molar-refractivity contribution in [2.45, 2.75) is 6.92 Å². The van der Waals surface area contributed by atoms with Crippen LogP contribution in [0.25, 0.3) is 22.4 Å². The van der Waals surface area contributed by atoms with Gasteiger partial charge in [-0.1, -0.05) is 0 Å². The second-order valence-corrected chi connectivity index (χ2v) is 6.50. The molecule has 1 aliphatic rings. The third-order valence-electron chi connectivity index (χ3n) is 4.59. The van der Waals surface area contributed by atoms with E-state index in [4.69, 9.17) is 9.47 Å². The number of nitrogens with zero attached hydrogens (tertiary/aromatic N) is 4. The van der Waals surface area contributed by atoms with Gasteiger partial charge in [0.1, 0.15) is 16.9 Å². The fourth-order valence-electron chi connectivity index (χ4n) is 3.26. The topological polar surface area (TPSA) is 74.1 Å². The van der Waals surface area contributed by atoms with Crippen LogP contribution in [0, 0.1) is 12.7 Å². The summed E-state index contributed by atoms with van der Waals surface area (Å²) in [5, 5.41) is 7.80. The smallest absolute Gasteiger partial charge is 0.231 e. The number of nitrogens with one attached hydrogen (secondary N) is 1. The molecule has 0 fully saturated rings. The molecule has 140 valence electrons. The molecule has 0 unspecified atom stereocenters. The van der Waals surface area contributed by atoms with E-state index >= 15 is 0 Å². The summed E-state index contributed by atoms with van der Waals surface area (Å²) in [6.07, 6.45) is 0. The van der Waals surface area contributed by atoms with Crippen LogP contribution in [0.1, 0.15) is 5.69 Å². The van der Waals surface area contributed by atoms with E-state index in [1.807, 2.05) is 32.2 Å². The number of benzene rings is 2. The first-order valence-electron chi connectivity index (χ1n) is 8.72. The first-order chi connectivity index (χ1) is 13.6. The molecule has 0 bridgehead atoms. The van der Waals surface area contributed by atoms with Gasteiger partial charge >= 0.3 is 0 Å². The van der Waals surface area contributed by atoms with Gasteiger partial charge < -0.3 is 14.8 Å². The molecule has 28 heavy (non-hydrogen) atoms. The Morgan fingerprint density at radius 2 is 1.82 bits per heavy atom. The van der Waals surface area contributed by atoms with Gasteiger partial charge in [-0.15, -0.1) is 0 Å². The van der Waals surface area contributed by atoms with E-state index < -0.39 is 0 Å². The average Bonchev–Trinajstić information content (AvgIpc) is 3.26. The van der Waals surface area contributed by atoms with E-state index in [1.165, 1.54) is 12.1 Å². The van der Waals surface area contributed by atoms with Crippen molar-refractivity contribution in [3.63, 3.8) is 0 Å². The quantitative estimate of drug-likeness (QED) is 0.583. The lowest BCUT2D eigenvalue weighted by Gasteiger charge is -2.11. The molecule has 0 aliphatic carbocycles. The molecule has 0 saturated carbocycles. The molecule has 2 aromatic carbocycles. The standard InChI is InChI=1S/C20H16FN5O2/c1-11-17-18(26(2)25-11)20(22-14-7-8-15-16(9-14)28-10-27-15)24-19(23-17)12-3-5-13(21)6-4-12/h3-9H,10H2,1-2H3,(H,22,23,24). The molecule has 4 aromatic rings. The summed E-state index contributed by atoms with van der Waals surface area (Å²) < 4.78 is 25.9. The van der Waals surface area contributed by atoms with Gasteiger partial charge in [-0.2, -0.15) is 5.10 Å². The van der Waals surface area contributed by atoms with E-state index in [2.05, 4.69) is 20.4 Å². The zero-order chi connectivity index (χ0) is 19.3. The molecule has 7 nitrogen and oxygen atoms in total. The Balaban J connectivity index is 1.65. The van der Waals surface area contributed by atoms with Gasteiger partial charge in [-0.05, 0) is 43.3 Å².